The zero-order chi connectivity index (χ0) is 16.9. The van der Waals surface area contributed by atoms with Crippen molar-refractivity contribution in [3.05, 3.63) is 77.6 Å². The molecular formula is C19H19N3O2. The van der Waals surface area contributed by atoms with E-state index in [1.165, 1.54) is 0 Å². The third-order valence-electron chi connectivity index (χ3n) is 3.89. The molecule has 2 aromatic carbocycles. The van der Waals surface area contributed by atoms with E-state index in [0.29, 0.717) is 12.1 Å². The van der Waals surface area contributed by atoms with Crippen molar-refractivity contribution in [1.29, 1.82) is 0 Å². The summed E-state index contributed by atoms with van der Waals surface area (Å²) < 4.78 is 7.06. The fourth-order valence-electron chi connectivity index (χ4n) is 2.58. The highest BCUT2D eigenvalue weighted by Gasteiger charge is 2.15. The molecule has 0 unspecified atom stereocenters. The number of benzene rings is 2. The van der Waals surface area contributed by atoms with Gasteiger partial charge in [-0.1, -0.05) is 36.4 Å². The predicted molar refractivity (Wildman–Crippen MR) is 92.5 cm³/mol. The lowest BCUT2D eigenvalue weighted by Gasteiger charge is -2.09. The summed E-state index contributed by atoms with van der Waals surface area (Å²) in [5.41, 5.74) is 3.23. The number of carbonyl (C=O) groups is 1. The van der Waals surface area contributed by atoms with Gasteiger partial charge in [-0.3, -0.25) is 4.79 Å². The highest BCUT2D eigenvalue weighted by atomic mass is 16.5. The minimum atomic E-state index is -0.152. The molecule has 0 spiro atoms. The number of nitrogens with one attached hydrogen (secondary N) is 1. The number of ether oxygens (including phenoxy) is 1. The number of aromatic nitrogens is 2. The molecule has 0 radical (unpaired) electrons. The Morgan fingerprint density at radius 3 is 2.58 bits per heavy atom. The van der Waals surface area contributed by atoms with Crippen LogP contribution < -0.4 is 10.1 Å². The first-order chi connectivity index (χ1) is 11.7. The average molecular weight is 321 g/mol. The van der Waals surface area contributed by atoms with Crippen LogP contribution in [0.25, 0.3) is 5.69 Å². The molecule has 1 aromatic heterocycles. The number of hydrogen-bond acceptors (Lipinski definition) is 3. The van der Waals surface area contributed by atoms with E-state index in [-0.39, 0.29) is 5.91 Å². The number of hydrogen-bond donors (Lipinski definition) is 1. The van der Waals surface area contributed by atoms with Gasteiger partial charge in [0.2, 0.25) is 0 Å². The normalized spacial score (nSPS) is 10.4. The Hall–Kier alpha value is -3.08. The summed E-state index contributed by atoms with van der Waals surface area (Å²) >= 11 is 0. The van der Waals surface area contributed by atoms with Gasteiger partial charge in [0.25, 0.3) is 5.91 Å². The Bertz CT molecular complexity index is 841. The third-order valence-corrected chi connectivity index (χ3v) is 3.89. The van der Waals surface area contributed by atoms with E-state index in [4.69, 9.17) is 4.74 Å². The fourth-order valence-corrected chi connectivity index (χ4v) is 2.58. The summed E-state index contributed by atoms with van der Waals surface area (Å²) in [6, 6.07) is 17.4. The minimum absolute atomic E-state index is 0.152. The molecule has 0 aliphatic carbocycles. The van der Waals surface area contributed by atoms with Gasteiger partial charge >= 0.3 is 0 Å². The largest absolute Gasteiger partial charge is 0.496 e. The quantitative estimate of drug-likeness (QED) is 0.785. The van der Waals surface area contributed by atoms with Crippen LogP contribution in [0.2, 0.25) is 0 Å². The van der Waals surface area contributed by atoms with Crippen LogP contribution in [0.5, 0.6) is 5.75 Å². The Morgan fingerprint density at radius 2 is 1.83 bits per heavy atom. The lowest BCUT2D eigenvalue weighted by Crippen LogP contribution is -2.23. The molecular weight excluding hydrogens is 302 g/mol. The van der Waals surface area contributed by atoms with Crippen LogP contribution >= 0.6 is 0 Å². The predicted octanol–water partition coefficient (Wildman–Crippen LogP) is 3.12. The van der Waals surface area contributed by atoms with E-state index in [2.05, 4.69) is 10.4 Å². The smallest absolute Gasteiger partial charge is 0.255 e. The molecule has 0 aliphatic rings. The maximum atomic E-state index is 12.5. The lowest BCUT2D eigenvalue weighted by molar-refractivity contribution is 0.0950. The second-order valence-corrected chi connectivity index (χ2v) is 5.39. The number of carbonyl (C=O) groups excluding carboxylic acids is 1. The molecule has 1 amide bonds. The van der Waals surface area contributed by atoms with Crippen LogP contribution in [0.4, 0.5) is 0 Å². The first-order valence-corrected chi connectivity index (χ1v) is 7.71. The topological polar surface area (TPSA) is 56.1 Å². The van der Waals surface area contributed by atoms with Crippen molar-refractivity contribution in [3.63, 3.8) is 0 Å². The maximum Gasteiger partial charge on any atom is 0.255 e. The number of nitrogens with zero attached hydrogens (tertiary/aromatic N) is 2. The Labute approximate surface area is 140 Å². The fraction of sp³-hybridized carbons (Fsp3) is 0.158. The molecule has 1 heterocycles. The molecule has 0 saturated carbocycles. The molecule has 0 saturated heterocycles. The SMILES string of the molecule is COc1ccccc1CNC(=O)c1cnn(-c2ccccc2)c1C. The zero-order valence-electron chi connectivity index (χ0n) is 13.7. The lowest BCUT2D eigenvalue weighted by atomic mass is 10.2. The first kappa shape index (κ1) is 15.8. The highest BCUT2D eigenvalue weighted by Crippen LogP contribution is 2.18. The second kappa shape index (κ2) is 7.00. The summed E-state index contributed by atoms with van der Waals surface area (Å²) in [5, 5.41) is 7.25. The van der Waals surface area contributed by atoms with Crippen LogP contribution in [0, 0.1) is 6.92 Å². The molecule has 3 aromatic rings. The van der Waals surface area contributed by atoms with Crippen LogP contribution in [0.15, 0.2) is 60.8 Å². The Morgan fingerprint density at radius 1 is 1.12 bits per heavy atom. The Kier molecular flexibility index (Phi) is 4.61. The zero-order valence-corrected chi connectivity index (χ0v) is 13.7. The summed E-state index contributed by atoms with van der Waals surface area (Å²) in [7, 11) is 1.62. The molecule has 5 heteroatoms. The van der Waals surface area contributed by atoms with Gasteiger partial charge in [-0.15, -0.1) is 0 Å². The van der Waals surface area contributed by atoms with Gasteiger partial charge in [-0.2, -0.15) is 5.10 Å². The molecule has 0 bridgehead atoms. The van der Waals surface area contributed by atoms with E-state index >= 15 is 0 Å². The molecule has 0 aliphatic heterocycles. The van der Waals surface area contributed by atoms with Gasteiger partial charge in [-0.25, -0.2) is 4.68 Å². The van der Waals surface area contributed by atoms with E-state index in [9.17, 15) is 4.79 Å². The first-order valence-electron chi connectivity index (χ1n) is 7.71. The van der Waals surface area contributed by atoms with Crippen molar-refractivity contribution >= 4 is 5.91 Å². The number of para-hydroxylation sites is 2. The van der Waals surface area contributed by atoms with Crippen LogP contribution in [-0.2, 0) is 6.54 Å². The van der Waals surface area contributed by atoms with Gasteiger partial charge < -0.3 is 10.1 Å². The van der Waals surface area contributed by atoms with Crippen molar-refractivity contribution in [1.82, 2.24) is 15.1 Å². The van der Waals surface area contributed by atoms with Crippen molar-refractivity contribution in [2.45, 2.75) is 13.5 Å². The van der Waals surface area contributed by atoms with E-state index in [0.717, 1.165) is 22.7 Å². The van der Waals surface area contributed by atoms with E-state index in [1.807, 2.05) is 61.5 Å². The van der Waals surface area contributed by atoms with Crippen molar-refractivity contribution in [2.24, 2.45) is 0 Å². The van der Waals surface area contributed by atoms with Crippen molar-refractivity contribution in [2.75, 3.05) is 7.11 Å². The summed E-state index contributed by atoms with van der Waals surface area (Å²) in [5.74, 6) is 0.607. The van der Waals surface area contributed by atoms with Crippen molar-refractivity contribution in [3.8, 4) is 11.4 Å². The standard InChI is InChI=1S/C19H19N3O2/c1-14-17(13-21-22(14)16-9-4-3-5-10-16)19(23)20-12-15-8-6-7-11-18(15)24-2/h3-11,13H,12H2,1-2H3,(H,20,23). The summed E-state index contributed by atoms with van der Waals surface area (Å²) in [6.45, 7) is 2.29. The third kappa shape index (κ3) is 3.15. The summed E-state index contributed by atoms with van der Waals surface area (Å²) in [4.78, 5) is 12.5. The molecule has 3 rings (SSSR count). The molecule has 0 atom stereocenters. The second-order valence-electron chi connectivity index (χ2n) is 5.39. The maximum absolute atomic E-state index is 12.5. The Balaban J connectivity index is 1.76. The monoisotopic (exact) mass is 321 g/mol. The van der Waals surface area contributed by atoms with E-state index in [1.54, 1.807) is 18.0 Å². The molecule has 1 N–H and O–H groups in total. The molecule has 5 nitrogen and oxygen atoms in total. The minimum Gasteiger partial charge on any atom is -0.496 e. The molecule has 122 valence electrons. The van der Waals surface area contributed by atoms with Gasteiger partial charge in [0.15, 0.2) is 0 Å². The molecule has 0 fully saturated rings. The van der Waals surface area contributed by atoms with Crippen LogP contribution in [-0.4, -0.2) is 22.8 Å². The highest BCUT2D eigenvalue weighted by molar-refractivity contribution is 5.95. The summed E-state index contributed by atoms with van der Waals surface area (Å²) in [6.07, 6.45) is 1.60. The molecule has 24 heavy (non-hydrogen) atoms. The van der Waals surface area contributed by atoms with Crippen LogP contribution in [0.1, 0.15) is 21.6 Å². The van der Waals surface area contributed by atoms with Gasteiger partial charge in [0.1, 0.15) is 5.75 Å². The van der Waals surface area contributed by atoms with E-state index < -0.39 is 0 Å². The van der Waals surface area contributed by atoms with Crippen LogP contribution in [0.3, 0.4) is 0 Å². The number of amides is 1. The number of rotatable bonds is 5. The van der Waals surface area contributed by atoms with Gasteiger partial charge in [-0.05, 0) is 25.1 Å². The van der Waals surface area contributed by atoms with Gasteiger partial charge in [0, 0.05) is 12.1 Å². The number of methoxy groups -OCH3 is 1. The average Bonchev–Trinajstić information content (AvgIpc) is 3.02. The van der Waals surface area contributed by atoms with Gasteiger partial charge in [0.05, 0.1) is 30.3 Å². The van der Waals surface area contributed by atoms with Crippen molar-refractivity contribution < 1.29 is 9.53 Å².